The molecule has 56 heavy (non-hydrogen) atoms. The standard InChI is InChI=1S/C31H27N2O.C19H26NSi.Ir/c1-2-4-23(5-3-1)28-12-11-26-27-19-24(10-13-30(27)34-31(26)33-28)29-18-21(14-15-32-29)17-25-16-20-6-8-22(25)9-7-20;1-19(2,3)13-16-12-17(15-10-8-7-9-11-15)20-14-18(16)21(4,5)6;/h1-5,11-15,18-20,22,25H,6-9,16-17H2;7-10,12,14H,13H2,1-6H3;/q2*-1;. The van der Waals surface area contributed by atoms with E-state index in [1.165, 1.54) is 54.8 Å². The molecule has 0 saturated heterocycles. The first-order valence-corrected chi connectivity index (χ1v) is 23.7. The maximum absolute atomic E-state index is 6.10. The van der Waals surface area contributed by atoms with E-state index in [9.17, 15) is 0 Å². The van der Waals surface area contributed by atoms with Crippen molar-refractivity contribution in [2.75, 3.05) is 0 Å². The molecule has 2 bridgehead atoms. The number of nitrogens with zero attached hydrogens (tertiary/aromatic N) is 3. The molecule has 1 unspecified atom stereocenters. The van der Waals surface area contributed by atoms with Crippen molar-refractivity contribution in [3.05, 3.63) is 133 Å². The molecule has 3 saturated carbocycles. The first-order valence-electron chi connectivity index (χ1n) is 20.2. The number of furan rings is 1. The van der Waals surface area contributed by atoms with Gasteiger partial charge in [0.1, 0.15) is 0 Å². The van der Waals surface area contributed by atoms with Gasteiger partial charge in [0.2, 0.25) is 5.71 Å². The van der Waals surface area contributed by atoms with E-state index in [0.717, 1.165) is 74.3 Å². The predicted molar refractivity (Wildman–Crippen MR) is 231 cm³/mol. The third kappa shape index (κ3) is 9.15. The second kappa shape index (κ2) is 16.7. The van der Waals surface area contributed by atoms with Gasteiger partial charge in [-0.25, -0.2) is 4.98 Å². The van der Waals surface area contributed by atoms with E-state index in [0.29, 0.717) is 5.71 Å². The summed E-state index contributed by atoms with van der Waals surface area (Å²) in [5, 5.41) is 3.57. The van der Waals surface area contributed by atoms with Crippen molar-refractivity contribution in [1.29, 1.82) is 0 Å². The van der Waals surface area contributed by atoms with Gasteiger partial charge in [-0.2, -0.15) is 0 Å². The molecular formula is C50H53IrN3OSi-2. The van der Waals surface area contributed by atoms with Crippen molar-refractivity contribution in [3.8, 4) is 33.8 Å². The van der Waals surface area contributed by atoms with Crippen LogP contribution in [0.4, 0.5) is 0 Å². The third-order valence-corrected chi connectivity index (χ3v) is 13.7. The summed E-state index contributed by atoms with van der Waals surface area (Å²) in [7, 11) is -1.37. The van der Waals surface area contributed by atoms with Crippen molar-refractivity contribution in [2.45, 2.75) is 85.4 Å². The van der Waals surface area contributed by atoms with Crippen LogP contribution in [0, 0.1) is 35.3 Å². The molecule has 4 heterocycles. The third-order valence-electron chi connectivity index (χ3n) is 11.6. The van der Waals surface area contributed by atoms with Gasteiger partial charge in [0, 0.05) is 43.4 Å². The average Bonchev–Trinajstić information content (AvgIpc) is 3.56. The van der Waals surface area contributed by atoms with Crippen molar-refractivity contribution in [2.24, 2.45) is 23.2 Å². The van der Waals surface area contributed by atoms with Gasteiger partial charge in [-0.1, -0.05) is 112 Å². The number of benzene rings is 3. The van der Waals surface area contributed by atoms with Gasteiger partial charge < -0.3 is 14.4 Å². The van der Waals surface area contributed by atoms with Crippen LogP contribution in [0.15, 0.2) is 114 Å². The molecule has 0 amide bonds. The Morgan fingerprint density at radius 3 is 2.23 bits per heavy atom. The summed E-state index contributed by atoms with van der Waals surface area (Å²) in [5.74, 6) is 2.74. The van der Waals surface area contributed by atoms with E-state index in [2.05, 4.69) is 113 Å². The Labute approximate surface area is 348 Å². The first kappa shape index (κ1) is 40.0. The Bertz CT molecular complexity index is 2400. The summed E-state index contributed by atoms with van der Waals surface area (Å²) in [6.45, 7) is 14.1. The molecule has 4 aromatic heterocycles. The Morgan fingerprint density at radius 1 is 0.768 bits per heavy atom. The van der Waals surface area contributed by atoms with Crippen LogP contribution in [0.3, 0.4) is 0 Å². The first-order chi connectivity index (χ1) is 26.5. The van der Waals surface area contributed by atoms with Gasteiger partial charge in [0.25, 0.3) is 0 Å². The van der Waals surface area contributed by atoms with Crippen molar-refractivity contribution < 1.29 is 24.5 Å². The number of pyridine rings is 3. The van der Waals surface area contributed by atoms with E-state index in [4.69, 9.17) is 19.4 Å². The molecule has 6 heteroatoms. The number of rotatable bonds is 7. The predicted octanol–water partition coefficient (Wildman–Crippen LogP) is 12.6. The van der Waals surface area contributed by atoms with E-state index >= 15 is 0 Å². The zero-order valence-electron chi connectivity index (χ0n) is 33.7. The summed E-state index contributed by atoms with van der Waals surface area (Å²) in [6, 6.07) is 40.0. The normalized spacial score (nSPS) is 18.0. The van der Waals surface area contributed by atoms with E-state index in [-0.39, 0.29) is 25.5 Å². The minimum atomic E-state index is -1.37. The fourth-order valence-corrected chi connectivity index (χ4v) is 10.5. The van der Waals surface area contributed by atoms with Crippen LogP contribution >= 0.6 is 0 Å². The van der Waals surface area contributed by atoms with Gasteiger partial charge in [-0.05, 0) is 90.0 Å². The minimum absolute atomic E-state index is 0. The van der Waals surface area contributed by atoms with Gasteiger partial charge >= 0.3 is 0 Å². The monoisotopic (exact) mass is 932 g/mol. The fraction of sp³-hybridized carbons (Fsp3) is 0.340. The Morgan fingerprint density at radius 2 is 1.54 bits per heavy atom. The molecule has 1 atom stereocenters. The largest absolute Gasteiger partial charge is 0.486 e. The zero-order valence-corrected chi connectivity index (χ0v) is 37.1. The van der Waals surface area contributed by atoms with Gasteiger partial charge in [0.05, 0.1) is 19.4 Å². The van der Waals surface area contributed by atoms with Crippen LogP contribution < -0.4 is 5.19 Å². The summed E-state index contributed by atoms with van der Waals surface area (Å²) >= 11 is 0. The van der Waals surface area contributed by atoms with Crippen LogP contribution in [-0.2, 0) is 32.9 Å². The molecule has 3 fully saturated rings. The second-order valence-corrected chi connectivity index (χ2v) is 23.2. The van der Waals surface area contributed by atoms with Crippen molar-refractivity contribution in [3.63, 3.8) is 0 Å². The van der Waals surface area contributed by atoms with Gasteiger partial charge in [0.15, 0.2) is 0 Å². The minimum Gasteiger partial charge on any atom is -0.486 e. The molecule has 289 valence electrons. The van der Waals surface area contributed by atoms with Crippen molar-refractivity contribution in [1.82, 2.24) is 15.0 Å². The maximum Gasteiger partial charge on any atom is 0.216 e. The van der Waals surface area contributed by atoms with Gasteiger partial charge in [-0.3, -0.25) is 0 Å². The molecule has 3 aliphatic rings. The van der Waals surface area contributed by atoms with Crippen LogP contribution in [0.1, 0.15) is 64.0 Å². The quantitative estimate of drug-likeness (QED) is 0.118. The molecule has 0 N–H and O–H groups in total. The summed E-state index contributed by atoms with van der Waals surface area (Å²) in [5.41, 5.74) is 10.7. The molecule has 10 rings (SSSR count). The number of hydrogen-bond acceptors (Lipinski definition) is 4. The number of hydrogen-bond donors (Lipinski definition) is 0. The molecule has 1 radical (unpaired) electrons. The summed E-state index contributed by atoms with van der Waals surface area (Å²) in [4.78, 5) is 14.2. The number of fused-ring (bicyclic) bond motifs is 6. The summed E-state index contributed by atoms with van der Waals surface area (Å²) < 4.78 is 6.10. The molecule has 3 aromatic carbocycles. The zero-order chi connectivity index (χ0) is 38.2. The van der Waals surface area contributed by atoms with E-state index < -0.39 is 8.07 Å². The second-order valence-electron chi connectivity index (χ2n) is 18.2. The Balaban J connectivity index is 0.000000190. The fourth-order valence-electron chi connectivity index (χ4n) is 8.93. The smallest absolute Gasteiger partial charge is 0.216 e. The summed E-state index contributed by atoms with van der Waals surface area (Å²) in [6.07, 6.45) is 13.6. The molecule has 7 aromatic rings. The van der Waals surface area contributed by atoms with Crippen LogP contribution in [0.2, 0.25) is 19.6 Å². The van der Waals surface area contributed by atoms with Crippen LogP contribution in [0.5, 0.6) is 0 Å². The molecule has 4 nitrogen and oxygen atoms in total. The average molecular weight is 932 g/mol. The van der Waals surface area contributed by atoms with E-state index in [1.54, 1.807) is 0 Å². The number of aromatic nitrogens is 3. The van der Waals surface area contributed by atoms with Crippen molar-refractivity contribution >= 4 is 35.3 Å². The molecule has 0 aliphatic heterocycles. The SMILES string of the molecule is CC(C)(C)Cc1cc(-c2[c-]cccc2)ncc1[Si](C)(C)C.[Ir].[c-]1cc2oc3nc(-c4ccccc4)ccc3c2cc1-c1cc(CC2CC3CCC2CC3)ccn1. The topological polar surface area (TPSA) is 51.8 Å². The maximum atomic E-state index is 6.10. The van der Waals surface area contributed by atoms with E-state index in [1.807, 2.05) is 48.7 Å². The van der Waals surface area contributed by atoms with Crippen LogP contribution in [-0.4, -0.2) is 23.0 Å². The Kier molecular flexibility index (Phi) is 11.9. The molecular weight excluding hydrogens is 879 g/mol. The molecule has 0 spiro atoms. The van der Waals surface area contributed by atoms with Crippen LogP contribution in [0.25, 0.3) is 55.8 Å². The van der Waals surface area contributed by atoms with Gasteiger partial charge in [-0.15, -0.1) is 59.7 Å². The molecule has 3 aliphatic carbocycles. The Hall–Kier alpha value is -4.22.